The van der Waals surface area contributed by atoms with Crippen molar-refractivity contribution in [2.45, 2.75) is 12.8 Å². The number of carbonyl (C=O) groups is 1. The summed E-state index contributed by atoms with van der Waals surface area (Å²) in [5.41, 5.74) is 1.36. The number of pyridine rings is 1. The molecule has 0 aliphatic heterocycles. The summed E-state index contributed by atoms with van der Waals surface area (Å²) in [6.45, 7) is 0. The summed E-state index contributed by atoms with van der Waals surface area (Å²) in [5.74, 6) is -2.08. The van der Waals surface area contributed by atoms with Crippen molar-refractivity contribution >= 4 is 34.8 Å². The number of benzene rings is 1. The van der Waals surface area contributed by atoms with Crippen LogP contribution in [0.4, 0.5) is 14.5 Å². The number of carbonyl (C=O) groups excluding carboxylic acids is 1. The summed E-state index contributed by atoms with van der Waals surface area (Å²) in [7, 11) is 0. The topological polar surface area (TPSA) is 59.8 Å². The monoisotopic (exact) mass is 396 g/mol. The first-order valence-electron chi connectivity index (χ1n) is 7.53. The molecule has 1 amide bonds. The smallest absolute Gasteiger partial charge is 0.224 e. The number of hydrogen-bond acceptors (Lipinski definition) is 3. The first-order chi connectivity index (χ1) is 12.5. The van der Waals surface area contributed by atoms with Crippen molar-refractivity contribution in [2.75, 3.05) is 5.32 Å². The van der Waals surface area contributed by atoms with E-state index in [1.54, 1.807) is 24.5 Å². The standard InChI is InChI=1S/C17H12Cl2F2N4O/c18-16-12(20)7-10(8-13(16)21)1-2-15(26)24-14-9-23-25(17(14)19)11-3-5-22-6-4-11/h3-9H,1-2H2,(H,24,26). The molecule has 0 aliphatic rings. The van der Waals surface area contributed by atoms with Gasteiger partial charge in [0.25, 0.3) is 0 Å². The van der Waals surface area contributed by atoms with Crippen LogP contribution in [0.1, 0.15) is 12.0 Å². The molecule has 0 radical (unpaired) electrons. The lowest BCUT2D eigenvalue weighted by Gasteiger charge is -2.06. The van der Waals surface area contributed by atoms with Gasteiger partial charge in [0.2, 0.25) is 5.91 Å². The van der Waals surface area contributed by atoms with E-state index >= 15 is 0 Å². The fraction of sp³-hybridized carbons (Fsp3) is 0.118. The van der Waals surface area contributed by atoms with Gasteiger partial charge in [-0.25, -0.2) is 13.5 Å². The lowest BCUT2D eigenvalue weighted by molar-refractivity contribution is -0.116. The SMILES string of the molecule is O=C(CCc1cc(F)c(Cl)c(F)c1)Nc1cnn(-c2ccncc2)c1Cl. The lowest BCUT2D eigenvalue weighted by atomic mass is 10.1. The fourth-order valence-corrected chi connectivity index (χ4v) is 2.65. The van der Waals surface area contributed by atoms with Crippen LogP contribution >= 0.6 is 23.2 Å². The lowest BCUT2D eigenvalue weighted by Crippen LogP contribution is -2.12. The van der Waals surface area contributed by atoms with Gasteiger partial charge in [-0.05, 0) is 36.2 Å². The second-order valence-corrected chi connectivity index (χ2v) is 6.12. The van der Waals surface area contributed by atoms with Crippen molar-refractivity contribution in [2.24, 2.45) is 0 Å². The van der Waals surface area contributed by atoms with E-state index in [1.165, 1.54) is 10.9 Å². The Labute approximate surface area is 157 Å². The predicted octanol–water partition coefficient (Wildman–Crippen LogP) is 4.42. The van der Waals surface area contributed by atoms with Gasteiger partial charge >= 0.3 is 0 Å². The van der Waals surface area contributed by atoms with Crippen molar-refractivity contribution in [1.29, 1.82) is 0 Å². The maximum Gasteiger partial charge on any atom is 0.224 e. The van der Waals surface area contributed by atoms with E-state index in [0.717, 1.165) is 12.1 Å². The summed E-state index contributed by atoms with van der Waals surface area (Å²) in [6.07, 6.45) is 4.76. The van der Waals surface area contributed by atoms with Gasteiger partial charge < -0.3 is 5.32 Å². The van der Waals surface area contributed by atoms with Crippen LogP contribution in [0.5, 0.6) is 0 Å². The molecule has 0 unspecified atom stereocenters. The molecule has 1 aromatic carbocycles. The molecule has 0 aliphatic carbocycles. The molecule has 2 aromatic heterocycles. The number of aromatic nitrogens is 3. The fourth-order valence-electron chi connectivity index (χ4n) is 2.31. The Morgan fingerprint density at radius 2 is 1.81 bits per heavy atom. The maximum atomic E-state index is 13.4. The van der Waals surface area contributed by atoms with Crippen molar-refractivity contribution < 1.29 is 13.6 Å². The third-order valence-electron chi connectivity index (χ3n) is 3.58. The number of nitrogens with one attached hydrogen (secondary N) is 1. The van der Waals surface area contributed by atoms with Gasteiger partial charge in [0, 0.05) is 18.8 Å². The number of nitrogens with zero attached hydrogens (tertiary/aromatic N) is 3. The molecule has 5 nitrogen and oxygen atoms in total. The Kier molecular flexibility index (Phi) is 5.49. The minimum atomic E-state index is -0.858. The Morgan fingerprint density at radius 1 is 1.15 bits per heavy atom. The van der Waals surface area contributed by atoms with E-state index in [1.807, 2.05) is 0 Å². The summed E-state index contributed by atoms with van der Waals surface area (Å²) < 4.78 is 28.3. The molecule has 0 fully saturated rings. The van der Waals surface area contributed by atoms with Crippen LogP contribution in [0.3, 0.4) is 0 Å². The molecule has 0 spiro atoms. The van der Waals surface area contributed by atoms with Crippen molar-refractivity contribution in [3.05, 3.63) is 70.2 Å². The first-order valence-corrected chi connectivity index (χ1v) is 8.28. The highest BCUT2D eigenvalue weighted by Crippen LogP contribution is 2.25. The molecular formula is C17H12Cl2F2N4O. The summed E-state index contributed by atoms with van der Waals surface area (Å²) in [5, 5.41) is 6.41. The highest BCUT2D eigenvalue weighted by Gasteiger charge is 2.14. The Hall–Kier alpha value is -2.51. The van der Waals surface area contributed by atoms with Crippen LogP contribution in [0.25, 0.3) is 5.69 Å². The van der Waals surface area contributed by atoms with E-state index < -0.39 is 16.7 Å². The van der Waals surface area contributed by atoms with Crippen LogP contribution in [0, 0.1) is 11.6 Å². The van der Waals surface area contributed by atoms with Crippen molar-refractivity contribution in [3.8, 4) is 5.69 Å². The van der Waals surface area contributed by atoms with Crippen LogP contribution in [0.2, 0.25) is 10.2 Å². The van der Waals surface area contributed by atoms with Crippen LogP contribution < -0.4 is 5.32 Å². The second-order valence-electron chi connectivity index (χ2n) is 5.39. The van der Waals surface area contributed by atoms with Gasteiger partial charge in [0.1, 0.15) is 16.7 Å². The van der Waals surface area contributed by atoms with Gasteiger partial charge in [-0.15, -0.1) is 0 Å². The Morgan fingerprint density at radius 3 is 2.46 bits per heavy atom. The predicted molar refractivity (Wildman–Crippen MR) is 94.7 cm³/mol. The molecule has 26 heavy (non-hydrogen) atoms. The minimum Gasteiger partial charge on any atom is -0.322 e. The summed E-state index contributed by atoms with van der Waals surface area (Å²) in [4.78, 5) is 16.0. The van der Waals surface area contributed by atoms with E-state index in [2.05, 4.69) is 15.4 Å². The molecule has 0 saturated carbocycles. The minimum absolute atomic E-state index is 0.0112. The van der Waals surface area contributed by atoms with E-state index in [-0.39, 0.29) is 23.9 Å². The van der Waals surface area contributed by atoms with Gasteiger partial charge in [0.15, 0.2) is 5.15 Å². The number of halogens is 4. The molecule has 0 bridgehead atoms. The number of hydrogen-bond donors (Lipinski definition) is 1. The van der Waals surface area contributed by atoms with E-state index in [4.69, 9.17) is 23.2 Å². The van der Waals surface area contributed by atoms with Crippen LogP contribution in [-0.2, 0) is 11.2 Å². The zero-order valence-electron chi connectivity index (χ0n) is 13.2. The number of rotatable bonds is 5. The molecule has 134 valence electrons. The summed E-state index contributed by atoms with van der Waals surface area (Å²) in [6, 6.07) is 5.64. The largest absolute Gasteiger partial charge is 0.322 e. The normalized spacial score (nSPS) is 10.8. The van der Waals surface area contributed by atoms with E-state index in [9.17, 15) is 13.6 Å². The molecule has 0 atom stereocenters. The first kappa shape index (κ1) is 18.3. The van der Waals surface area contributed by atoms with Crippen LogP contribution in [-0.4, -0.2) is 20.7 Å². The summed E-state index contributed by atoms with van der Waals surface area (Å²) >= 11 is 11.7. The molecule has 9 heteroatoms. The van der Waals surface area contributed by atoms with Crippen molar-refractivity contribution in [3.63, 3.8) is 0 Å². The maximum absolute atomic E-state index is 13.4. The Balaban J connectivity index is 1.65. The highest BCUT2D eigenvalue weighted by atomic mass is 35.5. The molecule has 3 aromatic rings. The zero-order valence-corrected chi connectivity index (χ0v) is 14.7. The number of anilines is 1. The van der Waals surface area contributed by atoms with Gasteiger partial charge in [-0.2, -0.15) is 5.10 Å². The van der Waals surface area contributed by atoms with Crippen LogP contribution in [0.15, 0.2) is 42.9 Å². The average molecular weight is 397 g/mol. The second kappa shape index (κ2) is 7.80. The molecule has 1 N–H and O–H groups in total. The third kappa shape index (κ3) is 4.00. The van der Waals surface area contributed by atoms with Gasteiger partial charge in [-0.3, -0.25) is 9.78 Å². The molecule has 2 heterocycles. The van der Waals surface area contributed by atoms with Gasteiger partial charge in [-0.1, -0.05) is 23.2 Å². The van der Waals surface area contributed by atoms with Gasteiger partial charge in [0.05, 0.1) is 17.6 Å². The van der Waals surface area contributed by atoms with E-state index in [0.29, 0.717) is 16.9 Å². The number of amides is 1. The zero-order chi connectivity index (χ0) is 18.7. The molecule has 3 rings (SSSR count). The average Bonchev–Trinajstić information content (AvgIpc) is 2.99. The molecule has 0 saturated heterocycles. The molecular weight excluding hydrogens is 385 g/mol. The third-order valence-corrected chi connectivity index (χ3v) is 4.30. The Bertz CT molecular complexity index is 924. The van der Waals surface area contributed by atoms with Crippen molar-refractivity contribution in [1.82, 2.24) is 14.8 Å². The quantitative estimate of drug-likeness (QED) is 0.649. The number of aryl methyl sites for hydroxylation is 1. The highest BCUT2D eigenvalue weighted by molar-refractivity contribution is 6.33.